The summed E-state index contributed by atoms with van der Waals surface area (Å²) in [6, 6.07) is 3.72. The topological polar surface area (TPSA) is 52.6 Å². The minimum absolute atomic E-state index is 0.0353. The summed E-state index contributed by atoms with van der Waals surface area (Å²) in [6.07, 6.45) is 3.91. The first-order valence-electron chi connectivity index (χ1n) is 11.6. The van der Waals surface area contributed by atoms with Crippen LogP contribution in [0.4, 0.5) is 0 Å². The lowest BCUT2D eigenvalue weighted by atomic mass is 9.83. The maximum Gasteiger partial charge on any atom is 0.344 e. The summed E-state index contributed by atoms with van der Waals surface area (Å²) < 4.78 is 11.7. The molecule has 0 bridgehead atoms. The fourth-order valence-corrected chi connectivity index (χ4v) is 4.58. The van der Waals surface area contributed by atoms with E-state index in [4.69, 9.17) is 9.47 Å². The molecule has 1 aliphatic carbocycles. The predicted octanol–water partition coefficient (Wildman–Crippen LogP) is 6.80. The lowest BCUT2D eigenvalue weighted by Gasteiger charge is -2.25. The van der Waals surface area contributed by atoms with Gasteiger partial charge in [-0.05, 0) is 131 Å². The predicted molar refractivity (Wildman–Crippen MR) is 128 cm³/mol. The fourth-order valence-electron chi connectivity index (χ4n) is 4.58. The quantitative estimate of drug-likeness (QED) is 0.391. The van der Waals surface area contributed by atoms with Gasteiger partial charge in [-0.1, -0.05) is 6.92 Å². The molecule has 1 aliphatic rings. The van der Waals surface area contributed by atoms with Gasteiger partial charge in [0, 0.05) is 0 Å². The van der Waals surface area contributed by atoms with Crippen molar-refractivity contribution in [2.24, 2.45) is 11.8 Å². The number of benzene rings is 2. The number of carbonyl (C=O) groups excluding carboxylic acids is 2. The Morgan fingerprint density at radius 3 is 1.84 bits per heavy atom. The molecule has 32 heavy (non-hydrogen) atoms. The number of aryl methyl sites for hydroxylation is 2. The maximum atomic E-state index is 13.1. The van der Waals surface area contributed by atoms with Gasteiger partial charge in [0.15, 0.2) is 0 Å². The molecule has 0 heterocycles. The highest BCUT2D eigenvalue weighted by Gasteiger charge is 2.27. The molecular weight excluding hydrogens is 400 g/mol. The summed E-state index contributed by atoms with van der Waals surface area (Å²) in [5.74, 6) is 1.24. The van der Waals surface area contributed by atoms with Gasteiger partial charge in [-0.3, -0.25) is 4.79 Å². The molecule has 2 aromatic carbocycles. The van der Waals surface area contributed by atoms with Crippen molar-refractivity contribution in [3.63, 3.8) is 0 Å². The smallest absolute Gasteiger partial charge is 0.344 e. The molecule has 0 radical (unpaired) electrons. The number of carbonyl (C=O) groups is 2. The van der Waals surface area contributed by atoms with Gasteiger partial charge in [0.25, 0.3) is 0 Å². The third-order valence-corrected chi connectivity index (χ3v) is 7.45. The lowest BCUT2D eigenvalue weighted by Crippen LogP contribution is -2.25. The first-order valence-corrected chi connectivity index (χ1v) is 11.6. The van der Waals surface area contributed by atoms with E-state index in [9.17, 15) is 9.59 Å². The van der Waals surface area contributed by atoms with E-state index in [0.29, 0.717) is 23.0 Å². The average molecular weight is 437 g/mol. The van der Waals surface area contributed by atoms with Gasteiger partial charge in [0.1, 0.15) is 11.5 Å². The molecule has 2 aromatic rings. The van der Waals surface area contributed by atoms with E-state index in [1.807, 2.05) is 47.6 Å². The van der Waals surface area contributed by atoms with E-state index in [2.05, 4.69) is 13.8 Å². The molecule has 0 spiro atoms. The molecule has 4 nitrogen and oxygen atoms in total. The van der Waals surface area contributed by atoms with Gasteiger partial charge in [0.05, 0.1) is 11.5 Å². The highest BCUT2D eigenvalue weighted by molar-refractivity contribution is 5.95. The minimum atomic E-state index is -0.381. The van der Waals surface area contributed by atoms with Crippen molar-refractivity contribution in [3.05, 3.63) is 56.6 Å². The third-order valence-electron chi connectivity index (χ3n) is 7.45. The van der Waals surface area contributed by atoms with Crippen molar-refractivity contribution in [2.45, 2.75) is 81.1 Å². The van der Waals surface area contributed by atoms with Crippen molar-refractivity contribution in [2.75, 3.05) is 0 Å². The van der Waals surface area contributed by atoms with E-state index in [1.165, 1.54) is 5.56 Å². The first-order chi connectivity index (χ1) is 15.0. The zero-order valence-corrected chi connectivity index (χ0v) is 20.8. The summed E-state index contributed by atoms with van der Waals surface area (Å²) in [6.45, 7) is 16.0. The van der Waals surface area contributed by atoms with Crippen LogP contribution in [0.3, 0.4) is 0 Å². The number of esters is 2. The van der Waals surface area contributed by atoms with Crippen LogP contribution in [0.2, 0.25) is 0 Å². The molecule has 172 valence electrons. The van der Waals surface area contributed by atoms with Crippen LogP contribution in [0.5, 0.6) is 11.5 Å². The summed E-state index contributed by atoms with van der Waals surface area (Å²) in [4.78, 5) is 25.9. The Labute approximate surface area is 192 Å². The Morgan fingerprint density at radius 2 is 1.22 bits per heavy atom. The summed E-state index contributed by atoms with van der Waals surface area (Å²) in [5.41, 5.74) is 7.28. The number of hydrogen-bond donors (Lipinski definition) is 0. The van der Waals surface area contributed by atoms with Gasteiger partial charge >= 0.3 is 11.9 Å². The second-order valence-corrected chi connectivity index (χ2v) is 9.65. The zero-order valence-electron chi connectivity index (χ0n) is 20.8. The van der Waals surface area contributed by atoms with E-state index >= 15 is 0 Å². The van der Waals surface area contributed by atoms with Gasteiger partial charge in [-0.2, -0.15) is 0 Å². The van der Waals surface area contributed by atoms with Crippen molar-refractivity contribution in [1.82, 2.24) is 0 Å². The average Bonchev–Trinajstić information content (AvgIpc) is 2.74. The van der Waals surface area contributed by atoms with E-state index in [-0.39, 0.29) is 17.9 Å². The molecule has 0 aromatic heterocycles. The van der Waals surface area contributed by atoms with Crippen LogP contribution >= 0.6 is 0 Å². The van der Waals surface area contributed by atoms with E-state index in [1.54, 1.807) is 6.07 Å². The largest absolute Gasteiger partial charge is 0.426 e. The van der Waals surface area contributed by atoms with Crippen LogP contribution in [0, 0.1) is 60.3 Å². The summed E-state index contributed by atoms with van der Waals surface area (Å²) >= 11 is 0. The molecule has 0 unspecified atom stereocenters. The highest BCUT2D eigenvalue weighted by atomic mass is 16.5. The third kappa shape index (κ3) is 4.74. The van der Waals surface area contributed by atoms with E-state index < -0.39 is 0 Å². The molecular formula is C28H36O4. The second-order valence-electron chi connectivity index (χ2n) is 9.65. The molecule has 4 heteroatoms. The van der Waals surface area contributed by atoms with Crippen LogP contribution in [0.15, 0.2) is 12.1 Å². The highest BCUT2D eigenvalue weighted by Crippen LogP contribution is 2.33. The summed E-state index contributed by atoms with van der Waals surface area (Å²) in [7, 11) is 0. The van der Waals surface area contributed by atoms with Crippen LogP contribution < -0.4 is 9.47 Å². The van der Waals surface area contributed by atoms with E-state index in [0.717, 1.165) is 59.1 Å². The van der Waals surface area contributed by atoms with Crippen molar-refractivity contribution < 1.29 is 19.1 Å². The van der Waals surface area contributed by atoms with Crippen LogP contribution in [0.1, 0.15) is 81.9 Å². The standard InChI is InChI=1S/C28H36O4/c1-15-9-11-23(12-10-15)27(29)31-25-14-17(3)26(22(8)21(25)7)28(30)32-24-13-16(2)18(4)19(5)20(24)6/h13-15,23H,9-12H2,1-8H3. The fraction of sp³-hybridized carbons (Fsp3) is 0.500. The SMILES string of the molecule is Cc1cc(OC(=O)c2c(C)cc(OC(=O)C3CCC(C)CC3)c(C)c2C)c(C)c(C)c1C. The molecule has 3 rings (SSSR count). The number of hydrogen-bond acceptors (Lipinski definition) is 4. The zero-order chi connectivity index (χ0) is 23.7. The molecule has 1 fully saturated rings. The number of rotatable bonds is 4. The minimum Gasteiger partial charge on any atom is -0.426 e. The summed E-state index contributed by atoms with van der Waals surface area (Å²) in [5, 5.41) is 0. The molecule has 1 saturated carbocycles. The first kappa shape index (κ1) is 24.0. The Kier molecular flexibility index (Phi) is 7.12. The van der Waals surface area contributed by atoms with Crippen LogP contribution in [-0.4, -0.2) is 11.9 Å². The molecule has 0 saturated heterocycles. The lowest BCUT2D eigenvalue weighted by molar-refractivity contribution is -0.140. The molecule has 0 N–H and O–H groups in total. The van der Waals surface area contributed by atoms with Crippen molar-refractivity contribution in [3.8, 4) is 11.5 Å². The Morgan fingerprint density at radius 1 is 0.688 bits per heavy atom. The Balaban J connectivity index is 1.84. The van der Waals surface area contributed by atoms with Crippen LogP contribution in [-0.2, 0) is 4.79 Å². The van der Waals surface area contributed by atoms with Gasteiger partial charge < -0.3 is 9.47 Å². The normalized spacial score (nSPS) is 18.4. The maximum absolute atomic E-state index is 13.1. The van der Waals surface area contributed by atoms with Crippen molar-refractivity contribution in [1.29, 1.82) is 0 Å². The molecule has 0 amide bonds. The van der Waals surface area contributed by atoms with Gasteiger partial charge in [0.2, 0.25) is 0 Å². The van der Waals surface area contributed by atoms with Gasteiger partial charge in [-0.15, -0.1) is 0 Å². The molecule has 0 atom stereocenters. The second kappa shape index (κ2) is 9.48. The number of ether oxygens (including phenoxy) is 2. The monoisotopic (exact) mass is 436 g/mol. The van der Waals surface area contributed by atoms with Crippen LogP contribution in [0.25, 0.3) is 0 Å². The Hall–Kier alpha value is -2.62. The molecule has 0 aliphatic heterocycles. The van der Waals surface area contributed by atoms with Crippen molar-refractivity contribution >= 4 is 11.9 Å². The Bertz CT molecular complexity index is 1060. The van der Waals surface area contributed by atoms with Gasteiger partial charge in [-0.25, -0.2) is 4.79 Å².